The highest BCUT2D eigenvalue weighted by molar-refractivity contribution is 7.47. The molecule has 0 aromatic heterocycles. The molecule has 0 aliphatic rings. The van der Waals surface area contributed by atoms with Crippen molar-refractivity contribution in [3.05, 3.63) is 97.2 Å². The highest BCUT2D eigenvalue weighted by Gasteiger charge is 2.27. The van der Waals surface area contributed by atoms with E-state index in [0.29, 0.717) is 23.9 Å². The Hall–Kier alpha value is -3.07. The zero-order chi connectivity index (χ0) is 57.0. The van der Waals surface area contributed by atoms with Gasteiger partial charge in [-0.05, 0) is 77.0 Å². The SMILES string of the molecule is CC/C=C\C/C=C\C/C=C\C/C=C\CCCCCCCCCCCCCCCCCCCCCCCCCCCCCCC(=O)OC(COC(=O)CC/C=C\C/C=C\C/C=C\C/C=C\CC)COP(=O)(O)OCC[N+](C)(C)C. The second kappa shape index (κ2) is 58.6. The van der Waals surface area contributed by atoms with Crippen LogP contribution in [0.3, 0.4) is 0 Å². The third kappa shape index (κ3) is 62.1. The molecular weight excluding hydrogens is 990 g/mol. The Morgan fingerprint density at radius 1 is 0.397 bits per heavy atom. The second-order valence-corrected chi connectivity index (χ2v) is 23.8. The van der Waals surface area contributed by atoms with Crippen LogP contribution in [0.5, 0.6) is 0 Å². The zero-order valence-electron chi connectivity index (χ0n) is 51.1. The molecule has 0 rings (SSSR count). The summed E-state index contributed by atoms with van der Waals surface area (Å²) in [6.07, 6.45) is 81.3. The smallest absolute Gasteiger partial charge is 0.462 e. The maximum absolute atomic E-state index is 12.8. The molecule has 0 radical (unpaired) electrons. The quantitative estimate of drug-likeness (QED) is 0.0211. The third-order valence-electron chi connectivity index (χ3n) is 13.6. The van der Waals surface area contributed by atoms with Crippen LogP contribution in [0.25, 0.3) is 0 Å². The lowest BCUT2D eigenvalue weighted by atomic mass is 10.0. The fourth-order valence-electron chi connectivity index (χ4n) is 8.79. The Balaban J connectivity index is 3.88. The Morgan fingerprint density at radius 2 is 0.718 bits per heavy atom. The summed E-state index contributed by atoms with van der Waals surface area (Å²) >= 11 is 0. The van der Waals surface area contributed by atoms with Crippen LogP contribution in [0, 0.1) is 0 Å². The summed E-state index contributed by atoms with van der Waals surface area (Å²) in [4.78, 5) is 35.6. The van der Waals surface area contributed by atoms with Crippen LogP contribution in [0.1, 0.15) is 271 Å². The summed E-state index contributed by atoms with van der Waals surface area (Å²) in [7, 11) is 1.44. The first-order valence-corrected chi connectivity index (χ1v) is 33.5. The van der Waals surface area contributed by atoms with Crippen molar-refractivity contribution in [1.82, 2.24) is 0 Å². The van der Waals surface area contributed by atoms with Crippen LogP contribution in [0.2, 0.25) is 0 Å². The number of hydrogen-bond donors (Lipinski definition) is 1. The number of ether oxygens (including phenoxy) is 2. The fraction of sp³-hybridized carbons (Fsp3) is 0.735. The maximum atomic E-state index is 12.8. The lowest BCUT2D eigenvalue weighted by molar-refractivity contribution is -0.870. The van der Waals surface area contributed by atoms with Crippen LogP contribution >= 0.6 is 7.82 Å². The van der Waals surface area contributed by atoms with Gasteiger partial charge in [0.15, 0.2) is 6.10 Å². The minimum absolute atomic E-state index is 0.0195. The molecule has 0 bridgehead atoms. The highest BCUT2D eigenvalue weighted by atomic mass is 31.2. The molecule has 9 nitrogen and oxygen atoms in total. The number of esters is 2. The number of quaternary nitrogens is 1. The highest BCUT2D eigenvalue weighted by Crippen LogP contribution is 2.43. The molecule has 0 aliphatic heterocycles. The molecule has 0 aromatic carbocycles. The molecule has 78 heavy (non-hydrogen) atoms. The summed E-state index contributed by atoms with van der Waals surface area (Å²) < 4.78 is 34.4. The summed E-state index contributed by atoms with van der Waals surface area (Å²) in [6, 6.07) is 0. The predicted molar refractivity (Wildman–Crippen MR) is 335 cm³/mol. The molecule has 0 saturated heterocycles. The van der Waals surface area contributed by atoms with Crippen molar-refractivity contribution in [3.8, 4) is 0 Å². The topological polar surface area (TPSA) is 108 Å². The van der Waals surface area contributed by atoms with E-state index in [0.717, 1.165) is 70.6 Å². The van der Waals surface area contributed by atoms with E-state index in [2.05, 4.69) is 98.9 Å². The minimum atomic E-state index is -4.40. The van der Waals surface area contributed by atoms with E-state index >= 15 is 0 Å². The van der Waals surface area contributed by atoms with Crippen molar-refractivity contribution in [3.63, 3.8) is 0 Å². The fourth-order valence-corrected chi connectivity index (χ4v) is 9.53. The van der Waals surface area contributed by atoms with E-state index in [1.54, 1.807) is 0 Å². The molecule has 0 heterocycles. The van der Waals surface area contributed by atoms with Gasteiger partial charge in [-0.25, -0.2) is 4.57 Å². The van der Waals surface area contributed by atoms with E-state index in [1.165, 1.54) is 161 Å². The number of hydrogen-bond acceptors (Lipinski definition) is 7. The van der Waals surface area contributed by atoms with Gasteiger partial charge >= 0.3 is 19.8 Å². The molecule has 10 heteroatoms. The number of phosphoric acid groups is 1. The molecule has 0 amide bonds. The molecule has 2 unspecified atom stereocenters. The zero-order valence-corrected chi connectivity index (χ0v) is 52.0. The van der Waals surface area contributed by atoms with Gasteiger partial charge in [-0.3, -0.25) is 18.6 Å². The molecule has 0 aromatic rings. The normalized spacial score (nSPS) is 13.9. The first-order chi connectivity index (χ1) is 38.0. The van der Waals surface area contributed by atoms with Crippen LogP contribution < -0.4 is 0 Å². The molecular formula is C68H121NO8P+. The van der Waals surface area contributed by atoms with Gasteiger partial charge in [0.25, 0.3) is 0 Å². The Labute approximate surface area is 481 Å². The summed E-state index contributed by atoms with van der Waals surface area (Å²) in [5, 5.41) is 0. The molecule has 1 N–H and O–H groups in total. The lowest BCUT2D eigenvalue weighted by Crippen LogP contribution is -2.37. The largest absolute Gasteiger partial charge is 0.472 e. The van der Waals surface area contributed by atoms with E-state index in [1.807, 2.05) is 33.3 Å². The average Bonchev–Trinajstić information content (AvgIpc) is 3.40. The van der Waals surface area contributed by atoms with Crippen molar-refractivity contribution in [2.45, 2.75) is 277 Å². The molecule has 0 aliphatic carbocycles. The van der Waals surface area contributed by atoms with Crippen LogP contribution in [-0.4, -0.2) is 74.9 Å². The number of rotatable bonds is 58. The molecule has 0 saturated carbocycles. The van der Waals surface area contributed by atoms with Gasteiger partial charge in [0.05, 0.1) is 27.7 Å². The number of carbonyl (C=O) groups excluding carboxylic acids is 2. The van der Waals surface area contributed by atoms with Gasteiger partial charge in [-0.15, -0.1) is 0 Å². The van der Waals surface area contributed by atoms with Crippen molar-refractivity contribution in [1.29, 1.82) is 0 Å². The third-order valence-corrected chi connectivity index (χ3v) is 14.6. The predicted octanol–water partition coefficient (Wildman–Crippen LogP) is 20.4. The van der Waals surface area contributed by atoms with Gasteiger partial charge in [0, 0.05) is 12.8 Å². The van der Waals surface area contributed by atoms with E-state index in [9.17, 15) is 19.0 Å². The number of nitrogens with zero attached hydrogens (tertiary/aromatic N) is 1. The van der Waals surface area contributed by atoms with Gasteiger partial charge < -0.3 is 18.9 Å². The van der Waals surface area contributed by atoms with Crippen molar-refractivity contribution in [2.24, 2.45) is 0 Å². The first-order valence-electron chi connectivity index (χ1n) is 32.0. The summed E-state index contributed by atoms with van der Waals surface area (Å²) in [5.41, 5.74) is 0. The summed E-state index contributed by atoms with van der Waals surface area (Å²) in [5.74, 6) is -0.888. The monoisotopic (exact) mass is 1110 g/mol. The Morgan fingerprint density at radius 3 is 1.08 bits per heavy atom. The van der Waals surface area contributed by atoms with Crippen molar-refractivity contribution >= 4 is 19.8 Å². The molecule has 0 spiro atoms. The van der Waals surface area contributed by atoms with E-state index < -0.39 is 32.5 Å². The van der Waals surface area contributed by atoms with Crippen LogP contribution in [0.4, 0.5) is 0 Å². The van der Waals surface area contributed by atoms with Crippen LogP contribution in [-0.2, 0) is 32.7 Å². The van der Waals surface area contributed by atoms with Gasteiger partial charge in [0.1, 0.15) is 19.8 Å². The van der Waals surface area contributed by atoms with Gasteiger partial charge in [0.2, 0.25) is 0 Å². The van der Waals surface area contributed by atoms with Crippen LogP contribution in [0.15, 0.2) is 97.2 Å². The number of likely N-dealkylation sites (N-methyl/N-ethyl adjacent to an activating group) is 1. The number of unbranched alkanes of at least 4 members (excludes halogenated alkanes) is 28. The molecule has 0 fully saturated rings. The summed E-state index contributed by atoms with van der Waals surface area (Å²) in [6.45, 7) is 4.13. The molecule has 450 valence electrons. The Kier molecular flexibility index (Phi) is 56.3. The van der Waals surface area contributed by atoms with E-state index in [-0.39, 0.29) is 26.1 Å². The number of phosphoric ester groups is 1. The maximum Gasteiger partial charge on any atom is 0.472 e. The van der Waals surface area contributed by atoms with Gasteiger partial charge in [-0.1, -0.05) is 278 Å². The number of carbonyl (C=O) groups is 2. The van der Waals surface area contributed by atoms with Crippen molar-refractivity contribution < 1.29 is 42.1 Å². The molecule has 2 atom stereocenters. The second-order valence-electron chi connectivity index (χ2n) is 22.4. The first kappa shape index (κ1) is 74.9. The minimum Gasteiger partial charge on any atom is -0.462 e. The lowest BCUT2D eigenvalue weighted by Gasteiger charge is -2.24. The van der Waals surface area contributed by atoms with Crippen molar-refractivity contribution in [2.75, 3.05) is 47.5 Å². The number of allylic oxidation sites excluding steroid dienone is 16. The Bertz CT molecular complexity index is 1640. The van der Waals surface area contributed by atoms with E-state index in [4.69, 9.17) is 18.5 Å². The van der Waals surface area contributed by atoms with Gasteiger partial charge in [-0.2, -0.15) is 0 Å². The standard InChI is InChI=1S/C68H120NO8P/c1-6-8-10-12-14-16-18-20-21-22-23-24-25-26-27-28-29-30-31-32-33-34-35-36-37-38-39-40-41-42-43-44-45-46-47-49-51-53-55-57-59-61-68(71)77-66(65-76-78(72,73)75-63-62-69(3,4)5)64-74-67(70)60-58-56-54-52-50-48-19-17-15-13-11-9-7-2/h8-11,14-17,20-21,23-24,48,50,54,56,66H,6-7,12-13,18-19,22,25-47,49,51-53,55,57-65H2,1-5H3/p+1/b10-8-,11-9-,16-14-,17-15-,21-20-,24-23-,50-48-,56-54-. The average molecular weight is 1110 g/mol.